The second kappa shape index (κ2) is 6.89. The van der Waals surface area contributed by atoms with Crippen molar-refractivity contribution in [2.75, 3.05) is 13.6 Å². The zero-order valence-corrected chi connectivity index (χ0v) is 10.7. The second-order valence-electron chi connectivity index (χ2n) is 5.14. The van der Waals surface area contributed by atoms with E-state index in [0.29, 0.717) is 18.4 Å². The first-order valence-electron chi connectivity index (χ1n) is 6.61. The van der Waals surface area contributed by atoms with E-state index in [2.05, 4.69) is 6.92 Å². The lowest BCUT2D eigenvalue weighted by atomic mass is 9.86. The van der Waals surface area contributed by atoms with Gasteiger partial charge in [0.1, 0.15) is 0 Å². The molecule has 1 amide bonds. The molecule has 1 atom stereocenters. The third-order valence-corrected chi connectivity index (χ3v) is 3.83. The molecule has 0 radical (unpaired) electrons. The van der Waals surface area contributed by atoms with Gasteiger partial charge in [-0.15, -0.1) is 0 Å². The summed E-state index contributed by atoms with van der Waals surface area (Å²) in [6.45, 7) is 2.73. The van der Waals surface area contributed by atoms with Gasteiger partial charge in [0.2, 0.25) is 5.91 Å². The highest BCUT2D eigenvalue weighted by molar-refractivity contribution is 5.76. The average Bonchev–Trinajstić information content (AvgIpc) is 2.29. The van der Waals surface area contributed by atoms with Crippen LogP contribution in [-0.4, -0.2) is 30.4 Å². The molecule has 0 aromatic heterocycles. The molecular formula is C13H26N2O. The Morgan fingerprint density at radius 3 is 2.56 bits per heavy atom. The smallest absolute Gasteiger partial charge is 0.222 e. The standard InChI is InChI=1S/C13H26N2O/c1-11(8-9-14)15(2)13(16)10-12-6-4-3-5-7-12/h11-12H,3-10,14H2,1-2H3. The fourth-order valence-corrected chi connectivity index (χ4v) is 2.46. The van der Waals surface area contributed by atoms with Gasteiger partial charge in [-0.3, -0.25) is 4.79 Å². The van der Waals surface area contributed by atoms with Crippen LogP contribution in [0.3, 0.4) is 0 Å². The van der Waals surface area contributed by atoms with Crippen molar-refractivity contribution in [3.8, 4) is 0 Å². The molecule has 1 fully saturated rings. The van der Waals surface area contributed by atoms with Crippen LogP contribution in [0.25, 0.3) is 0 Å². The summed E-state index contributed by atoms with van der Waals surface area (Å²) < 4.78 is 0. The minimum atomic E-state index is 0.279. The van der Waals surface area contributed by atoms with Gasteiger partial charge < -0.3 is 10.6 Å². The number of hydrogen-bond acceptors (Lipinski definition) is 2. The summed E-state index contributed by atoms with van der Waals surface area (Å²) in [4.78, 5) is 13.9. The van der Waals surface area contributed by atoms with Crippen molar-refractivity contribution in [2.24, 2.45) is 11.7 Å². The molecule has 1 aliphatic carbocycles. The molecule has 1 rings (SSSR count). The number of amides is 1. The van der Waals surface area contributed by atoms with Gasteiger partial charge in [-0.05, 0) is 38.6 Å². The van der Waals surface area contributed by atoms with Gasteiger partial charge in [0.05, 0.1) is 0 Å². The van der Waals surface area contributed by atoms with E-state index < -0.39 is 0 Å². The molecule has 0 heterocycles. The van der Waals surface area contributed by atoms with Crippen LogP contribution in [0.4, 0.5) is 0 Å². The van der Waals surface area contributed by atoms with E-state index in [1.807, 2.05) is 11.9 Å². The Labute approximate surface area is 99.4 Å². The summed E-state index contributed by atoms with van der Waals surface area (Å²) in [6.07, 6.45) is 8.08. The Hall–Kier alpha value is -0.570. The fourth-order valence-electron chi connectivity index (χ4n) is 2.46. The van der Waals surface area contributed by atoms with E-state index in [1.54, 1.807) is 0 Å². The van der Waals surface area contributed by atoms with Crippen molar-refractivity contribution in [2.45, 2.75) is 57.9 Å². The van der Waals surface area contributed by atoms with Crippen LogP contribution in [-0.2, 0) is 4.79 Å². The molecular weight excluding hydrogens is 200 g/mol. The molecule has 1 aliphatic rings. The topological polar surface area (TPSA) is 46.3 Å². The van der Waals surface area contributed by atoms with Crippen molar-refractivity contribution < 1.29 is 4.79 Å². The molecule has 0 aromatic carbocycles. The molecule has 2 N–H and O–H groups in total. The van der Waals surface area contributed by atoms with Crippen molar-refractivity contribution in [1.82, 2.24) is 4.90 Å². The molecule has 0 spiro atoms. The Morgan fingerprint density at radius 2 is 2.00 bits per heavy atom. The molecule has 1 unspecified atom stereocenters. The third kappa shape index (κ3) is 4.12. The first-order valence-corrected chi connectivity index (χ1v) is 6.61. The lowest BCUT2D eigenvalue weighted by Gasteiger charge is -2.28. The molecule has 0 saturated heterocycles. The monoisotopic (exact) mass is 226 g/mol. The maximum Gasteiger partial charge on any atom is 0.222 e. The maximum absolute atomic E-state index is 12.0. The molecule has 1 saturated carbocycles. The van der Waals surface area contributed by atoms with Gasteiger partial charge in [0.25, 0.3) is 0 Å². The number of carbonyl (C=O) groups excluding carboxylic acids is 1. The number of carbonyl (C=O) groups is 1. The Balaban J connectivity index is 2.32. The number of hydrogen-bond donors (Lipinski definition) is 1. The van der Waals surface area contributed by atoms with Crippen molar-refractivity contribution in [1.29, 1.82) is 0 Å². The van der Waals surface area contributed by atoms with Crippen LogP contribution in [0.2, 0.25) is 0 Å². The maximum atomic E-state index is 12.0. The van der Waals surface area contributed by atoms with Gasteiger partial charge in [-0.2, -0.15) is 0 Å². The Bertz CT molecular complexity index is 212. The van der Waals surface area contributed by atoms with E-state index in [9.17, 15) is 4.79 Å². The zero-order valence-electron chi connectivity index (χ0n) is 10.7. The van der Waals surface area contributed by atoms with Gasteiger partial charge in [-0.1, -0.05) is 19.3 Å². The molecule has 3 heteroatoms. The first-order chi connectivity index (χ1) is 7.65. The summed E-state index contributed by atoms with van der Waals surface area (Å²) in [5.74, 6) is 0.932. The van der Waals surface area contributed by atoms with Gasteiger partial charge in [0.15, 0.2) is 0 Å². The lowest BCUT2D eigenvalue weighted by molar-refractivity contribution is -0.133. The van der Waals surface area contributed by atoms with Crippen LogP contribution in [0.1, 0.15) is 51.9 Å². The minimum absolute atomic E-state index is 0.279. The number of nitrogens with two attached hydrogens (primary N) is 1. The largest absolute Gasteiger partial charge is 0.343 e. The summed E-state index contributed by atoms with van der Waals surface area (Å²) in [5, 5.41) is 0. The van der Waals surface area contributed by atoms with E-state index in [1.165, 1.54) is 32.1 Å². The fraction of sp³-hybridized carbons (Fsp3) is 0.923. The Morgan fingerprint density at radius 1 is 1.38 bits per heavy atom. The number of rotatable bonds is 5. The number of nitrogens with zero attached hydrogens (tertiary/aromatic N) is 1. The van der Waals surface area contributed by atoms with Crippen molar-refractivity contribution in [3.63, 3.8) is 0 Å². The molecule has 0 bridgehead atoms. The van der Waals surface area contributed by atoms with Crippen LogP contribution >= 0.6 is 0 Å². The molecule has 94 valence electrons. The summed E-state index contributed by atoms with van der Waals surface area (Å²) >= 11 is 0. The van der Waals surface area contributed by atoms with Crippen molar-refractivity contribution >= 4 is 5.91 Å². The normalized spacial score (nSPS) is 19.4. The van der Waals surface area contributed by atoms with E-state index in [0.717, 1.165) is 12.8 Å². The molecule has 3 nitrogen and oxygen atoms in total. The lowest BCUT2D eigenvalue weighted by Crippen LogP contribution is -2.37. The predicted octanol–water partition coefficient (Wildman–Crippen LogP) is 2.15. The minimum Gasteiger partial charge on any atom is -0.343 e. The highest BCUT2D eigenvalue weighted by atomic mass is 16.2. The first kappa shape index (κ1) is 13.5. The highest BCUT2D eigenvalue weighted by Crippen LogP contribution is 2.26. The SMILES string of the molecule is CC(CCN)N(C)C(=O)CC1CCCCC1. The zero-order chi connectivity index (χ0) is 12.0. The van der Waals surface area contributed by atoms with Crippen LogP contribution in [0.5, 0.6) is 0 Å². The second-order valence-corrected chi connectivity index (χ2v) is 5.14. The Kier molecular flexibility index (Phi) is 5.81. The molecule has 0 aliphatic heterocycles. The van der Waals surface area contributed by atoms with E-state index in [-0.39, 0.29) is 6.04 Å². The summed E-state index contributed by atoms with van der Waals surface area (Å²) in [7, 11) is 1.91. The third-order valence-electron chi connectivity index (χ3n) is 3.83. The summed E-state index contributed by atoms with van der Waals surface area (Å²) in [6, 6.07) is 0.279. The van der Waals surface area contributed by atoms with Crippen molar-refractivity contribution in [3.05, 3.63) is 0 Å². The highest BCUT2D eigenvalue weighted by Gasteiger charge is 2.21. The van der Waals surface area contributed by atoms with Crippen LogP contribution < -0.4 is 5.73 Å². The predicted molar refractivity (Wildman–Crippen MR) is 67.1 cm³/mol. The van der Waals surface area contributed by atoms with Gasteiger partial charge >= 0.3 is 0 Å². The van der Waals surface area contributed by atoms with Crippen LogP contribution in [0.15, 0.2) is 0 Å². The quantitative estimate of drug-likeness (QED) is 0.781. The van der Waals surface area contributed by atoms with Gasteiger partial charge in [0, 0.05) is 19.5 Å². The van der Waals surface area contributed by atoms with Crippen LogP contribution in [0, 0.1) is 5.92 Å². The van der Waals surface area contributed by atoms with Gasteiger partial charge in [-0.25, -0.2) is 0 Å². The average molecular weight is 226 g/mol. The van der Waals surface area contributed by atoms with E-state index in [4.69, 9.17) is 5.73 Å². The van der Waals surface area contributed by atoms with E-state index >= 15 is 0 Å². The molecule has 0 aromatic rings. The summed E-state index contributed by atoms with van der Waals surface area (Å²) in [5.41, 5.74) is 5.51. The molecule has 16 heavy (non-hydrogen) atoms.